The Hall–Kier alpha value is -1.11. The van der Waals surface area contributed by atoms with Crippen LogP contribution in [0.4, 0.5) is 13.2 Å². The summed E-state index contributed by atoms with van der Waals surface area (Å²) in [6.07, 6.45) is -2.15. The molecule has 0 saturated heterocycles. The van der Waals surface area contributed by atoms with E-state index in [4.69, 9.17) is 11.6 Å². The first-order valence-electron chi connectivity index (χ1n) is 6.44. The van der Waals surface area contributed by atoms with Gasteiger partial charge in [0, 0.05) is 17.8 Å². The van der Waals surface area contributed by atoms with Gasteiger partial charge in [-0.2, -0.15) is 13.2 Å². The van der Waals surface area contributed by atoms with Crippen LogP contribution in [0.25, 0.3) is 10.4 Å². The second-order valence-electron chi connectivity index (χ2n) is 4.51. The zero-order valence-corrected chi connectivity index (χ0v) is 12.9. The van der Waals surface area contributed by atoms with Gasteiger partial charge in [0.15, 0.2) is 5.01 Å². The summed E-state index contributed by atoms with van der Waals surface area (Å²) in [4.78, 5) is 3.87. The summed E-state index contributed by atoms with van der Waals surface area (Å²) in [6, 6.07) is 5.27. The highest BCUT2D eigenvalue weighted by Crippen LogP contribution is 2.37. The Labute approximate surface area is 130 Å². The average molecular weight is 335 g/mol. The van der Waals surface area contributed by atoms with E-state index in [1.54, 1.807) is 12.1 Å². The Morgan fingerprint density at radius 2 is 2.10 bits per heavy atom. The minimum atomic E-state index is -4.41. The Morgan fingerprint density at radius 1 is 1.33 bits per heavy atom. The third-order valence-electron chi connectivity index (χ3n) is 2.83. The third-order valence-corrected chi connectivity index (χ3v) is 4.27. The minimum absolute atomic E-state index is 0.456. The first-order valence-corrected chi connectivity index (χ1v) is 7.63. The molecule has 0 fully saturated rings. The fraction of sp³-hybridized carbons (Fsp3) is 0.357. The van der Waals surface area contributed by atoms with Crippen molar-refractivity contribution in [3.63, 3.8) is 0 Å². The van der Waals surface area contributed by atoms with Gasteiger partial charge in [0.25, 0.3) is 0 Å². The summed E-state index contributed by atoms with van der Waals surface area (Å²) in [5.41, 5.74) is 1.57. The molecule has 7 heteroatoms. The summed E-state index contributed by atoms with van der Waals surface area (Å²) in [5, 5.41) is 2.93. The van der Waals surface area contributed by atoms with Crippen LogP contribution < -0.4 is 5.32 Å². The van der Waals surface area contributed by atoms with Crippen LogP contribution in [0.3, 0.4) is 0 Å². The molecule has 0 atom stereocenters. The SMILES string of the molecule is CCCNCc1ccc(-c2cnc(C(F)(F)F)s2)cc1Cl. The molecule has 114 valence electrons. The van der Waals surface area contributed by atoms with Crippen LogP contribution in [0.2, 0.25) is 5.02 Å². The number of nitrogens with zero attached hydrogens (tertiary/aromatic N) is 1. The number of hydrogen-bond donors (Lipinski definition) is 1. The fourth-order valence-corrected chi connectivity index (χ4v) is 2.81. The van der Waals surface area contributed by atoms with Gasteiger partial charge in [-0.05, 0) is 30.2 Å². The van der Waals surface area contributed by atoms with Gasteiger partial charge in [-0.1, -0.05) is 30.7 Å². The summed E-state index contributed by atoms with van der Waals surface area (Å²) >= 11 is 6.80. The average Bonchev–Trinajstić information content (AvgIpc) is 2.90. The number of benzene rings is 1. The van der Waals surface area contributed by atoms with Crippen LogP contribution in [0.15, 0.2) is 24.4 Å². The molecule has 1 heterocycles. The van der Waals surface area contributed by atoms with Crippen molar-refractivity contribution >= 4 is 22.9 Å². The minimum Gasteiger partial charge on any atom is -0.313 e. The van der Waals surface area contributed by atoms with Crippen LogP contribution in [-0.2, 0) is 12.7 Å². The van der Waals surface area contributed by atoms with E-state index in [-0.39, 0.29) is 0 Å². The van der Waals surface area contributed by atoms with Gasteiger partial charge in [-0.3, -0.25) is 0 Å². The normalized spacial score (nSPS) is 11.9. The lowest BCUT2D eigenvalue weighted by atomic mass is 10.1. The monoisotopic (exact) mass is 334 g/mol. The Balaban J connectivity index is 2.18. The van der Waals surface area contributed by atoms with E-state index in [0.717, 1.165) is 18.5 Å². The van der Waals surface area contributed by atoms with E-state index in [1.165, 1.54) is 6.20 Å². The molecule has 0 aliphatic heterocycles. The second-order valence-corrected chi connectivity index (χ2v) is 5.95. The molecule has 0 radical (unpaired) electrons. The van der Waals surface area contributed by atoms with Crippen molar-refractivity contribution in [3.8, 4) is 10.4 Å². The van der Waals surface area contributed by atoms with Crippen LogP contribution in [-0.4, -0.2) is 11.5 Å². The maximum Gasteiger partial charge on any atom is 0.443 e. The fourth-order valence-electron chi connectivity index (χ4n) is 1.78. The number of hydrogen-bond acceptors (Lipinski definition) is 3. The van der Waals surface area contributed by atoms with E-state index in [2.05, 4.69) is 17.2 Å². The van der Waals surface area contributed by atoms with Crippen LogP contribution >= 0.6 is 22.9 Å². The van der Waals surface area contributed by atoms with Gasteiger partial charge in [0.1, 0.15) is 0 Å². The van der Waals surface area contributed by atoms with Crippen molar-refractivity contribution in [2.75, 3.05) is 6.54 Å². The van der Waals surface area contributed by atoms with E-state index < -0.39 is 11.2 Å². The number of alkyl halides is 3. The van der Waals surface area contributed by atoms with E-state index >= 15 is 0 Å². The number of nitrogens with one attached hydrogen (secondary N) is 1. The third kappa shape index (κ3) is 4.18. The summed E-state index contributed by atoms with van der Waals surface area (Å²) in [5.74, 6) is 0. The van der Waals surface area contributed by atoms with Gasteiger partial charge in [-0.25, -0.2) is 4.98 Å². The van der Waals surface area contributed by atoms with E-state index in [1.807, 2.05) is 6.07 Å². The highest BCUT2D eigenvalue weighted by Gasteiger charge is 2.34. The van der Waals surface area contributed by atoms with Crippen molar-refractivity contribution in [2.45, 2.75) is 26.1 Å². The molecule has 0 bridgehead atoms. The van der Waals surface area contributed by atoms with Crippen molar-refractivity contribution in [3.05, 3.63) is 40.0 Å². The van der Waals surface area contributed by atoms with Gasteiger partial charge in [0.05, 0.1) is 4.88 Å². The summed E-state index contributed by atoms with van der Waals surface area (Å²) < 4.78 is 37.6. The Bertz CT molecular complexity index is 611. The number of thiazole rings is 1. The standard InChI is InChI=1S/C14H14ClF3N2S/c1-2-5-19-7-10-4-3-9(6-11(10)15)12-8-20-13(21-12)14(16,17)18/h3-4,6,8,19H,2,5,7H2,1H3. The largest absolute Gasteiger partial charge is 0.443 e. The molecule has 0 aliphatic carbocycles. The van der Waals surface area contributed by atoms with Gasteiger partial charge in [0.2, 0.25) is 0 Å². The molecule has 2 aromatic rings. The Morgan fingerprint density at radius 3 is 2.67 bits per heavy atom. The molecule has 21 heavy (non-hydrogen) atoms. The molecule has 1 aromatic carbocycles. The summed E-state index contributed by atoms with van der Waals surface area (Å²) in [7, 11) is 0. The highest BCUT2D eigenvalue weighted by molar-refractivity contribution is 7.15. The predicted molar refractivity (Wildman–Crippen MR) is 79.6 cm³/mol. The molecular weight excluding hydrogens is 321 g/mol. The molecule has 0 unspecified atom stereocenters. The first kappa shape index (κ1) is 16.3. The molecule has 0 saturated carbocycles. The Kier molecular flexibility index (Phi) is 5.24. The van der Waals surface area contributed by atoms with Gasteiger partial charge in [-0.15, -0.1) is 11.3 Å². The van der Waals surface area contributed by atoms with Crippen molar-refractivity contribution in [1.82, 2.24) is 10.3 Å². The highest BCUT2D eigenvalue weighted by atomic mass is 35.5. The molecule has 2 nitrogen and oxygen atoms in total. The van der Waals surface area contributed by atoms with Crippen LogP contribution in [0, 0.1) is 0 Å². The quantitative estimate of drug-likeness (QED) is 0.780. The maximum absolute atomic E-state index is 12.5. The molecule has 0 spiro atoms. The zero-order valence-electron chi connectivity index (χ0n) is 11.3. The zero-order chi connectivity index (χ0) is 15.5. The molecule has 1 N–H and O–H groups in total. The molecule has 0 aliphatic rings. The maximum atomic E-state index is 12.5. The lowest BCUT2D eigenvalue weighted by molar-refractivity contribution is -0.137. The second kappa shape index (κ2) is 6.77. The topological polar surface area (TPSA) is 24.9 Å². The van der Waals surface area contributed by atoms with E-state index in [9.17, 15) is 13.2 Å². The number of halogens is 4. The molecule has 1 aromatic heterocycles. The molecule has 2 rings (SSSR count). The predicted octanol–water partition coefficient (Wildman–Crippen LogP) is 4.98. The first-order chi connectivity index (χ1) is 9.91. The lowest BCUT2D eigenvalue weighted by Crippen LogP contribution is -2.13. The van der Waals surface area contributed by atoms with Crippen molar-refractivity contribution in [2.24, 2.45) is 0 Å². The van der Waals surface area contributed by atoms with Gasteiger partial charge >= 0.3 is 6.18 Å². The smallest absolute Gasteiger partial charge is 0.313 e. The van der Waals surface area contributed by atoms with Crippen LogP contribution in [0.5, 0.6) is 0 Å². The number of aromatic nitrogens is 1. The van der Waals surface area contributed by atoms with E-state index in [0.29, 0.717) is 33.3 Å². The van der Waals surface area contributed by atoms with Gasteiger partial charge < -0.3 is 5.32 Å². The number of rotatable bonds is 5. The lowest BCUT2D eigenvalue weighted by Gasteiger charge is -2.07. The van der Waals surface area contributed by atoms with Crippen molar-refractivity contribution < 1.29 is 13.2 Å². The molecular formula is C14H14ClF3N2S. The molecule has 0 amide bonds. The van der Waals surface area contributed by atoms with Crippen molar-refractivity contribution in [1.29, 1.82) is 0 Å². The summed E-state index contributed by atoms with van der Waals surface area (Å²) in [6.45, 7) is 3.60. The van der Waals surface area contributed by atoms with Crippen LogP contribution in [0.1, 0.15) is 23.9 Å².